The topological polar surface area (TPSA) is 3.24 Å². The number of hydrogen-bond donors (Lipinski definition) is 0. The zero-order chi connectivity index (χ0) is 17.8. The lowest BCUT2D eigenvalue weighted by molar-refractivity contribution is 1.28. The second-order valence-electron chi connectivity index (χ2n) is 6.34. The summed E-state index contributed by atoms with van der Waals surface area (Å²) in [5.41, 5.74) is 6.12. The fourth-order valence-electron chi connectivity index (χ4n) is 3.35. The van der Waals surface area contributed by atoms with Gasteiger partial charge < -0.3 is 4.90 Å². The first-order chi connectivity index (χ1) is 12.8. The lowest BCUT2D eigenvalue weighted by atomic mass is 10.0. The van der Waals surface area contributed by atoms with E-state index in [-0.39, 0.29) is 0 Å². The van der Waals surface area contributed by atoms with Gasteiger partial charge in [-0.05, 0) is 35.9 Å². The highest BCUT2D eigenvalue weighted by Crippen LogP contribution is 2.39. The van der Waals surface area contributed by atoms with Crippen LogP contribution in [0.2, 0.25) is 0 Å². The summed E-state index contributed by atoms with van der Waals surface area (Å²) < 4.78 is 0. The standard InChI is InChI=1S/C24H21NSi/c26-24-18-10-8-16-22(24)21-15-7-9-17-23(21)25(19-11-3-1-4-12-19)20-13-5-2-6-14-20/h1-18H,26H3. The van der Waals surface area contributed by atoms with Crippen LogP contribution in [0.3, 0.4) is 0 Å². The molecule has 0 aromatic heterocycles. The molecule has 0 saturated carbocycles. The Morgan fingerprint density at radius 2 is 0.923 bits per heavy atom. The smallest absolute Gasteiger partial charge is 0.0539 e. The fraction of sp³-hybridized carbons (Fsp3) is 0. The first-order valence-corrected chi connectivity index (χ1v) is 9.90. The molecule has 0 saturated heterocycles. The van der Waals surface area contributed by atoms with E-state index < -0.39 is 0 Å². The number of rotatable bonds is 4. The van der Waals surface area contributed by atoms with Gasteiger partial charge in [-0.2, -0.15) is 0 Å². The van der Waals surface area contributed by atoms with Gasteiger partial charge in [0.05, 0.1) is 5.69 Å². The van der Waals surface area contributed by atoms with Gasteiger partial charge in [0.25, 0.3) is 0 Å². The minimum Gasteiger partial charge on any atom is -0.310 e. The van der Waals surface area contributed by atoms with Crippen LogP contribution in [-0.4, -0.2) is 10.2 Å². The Kier molecular flexibility index (Phi) is 4.67. The third kappa shape index (κ3) is 3.19. The maximum absolute atomic E-state index is 2.34. The first-order valence-electron chi connectivity index (χ1n) is 8.90. The van der Waals surface area contributed by atoms with Gasteiger partial charge in [0, 0.05) is 27.2 Å². The summed E-state index contributed by atoms with van der Waals surface area (Å²) >= 11 is 0. The largest absolute Gasteiger partial charge is 0.310 e. The SMILES string of the molecule is [SiH3]c1ccccc1-c1ccccc1N(c1ccccc1)c1ccccc1. The monoisotopic (exact) mass is 351 g/mol. The lowest BCUT2D eigenvalue weighted by Gasteiger charge is -2.28. The molecule has 126 valence electrons. The quantitative estimate of drug-likeness (QED) is 0.477. The second-order valence-corrected chi connectivity index (χ2v) is 7.42. The van der Waals surface area contributed by atoms with Crippen LogP contribution in [0.15, 0.2) is 109 Å². The lowest BCUT2D eigenvalue weighted by Crippen LogP contribution is -2.13. The molecular formula is C24H21NSi. The molecule has 0 aliphatic heterocycles. The highest BCUT2D eigenvalue weighted by molar-refractivity contribution is 6.36. The van der Waals surface area contributed by atoms with Crippen LogP contribution in [0, 0.1) is 0 Å². The number of hydrogen-bond acceptors (Lipinski definition) is 1. The van der Waals surface area contributed by atoms with E-state index in [4.69, 9.17) is 0 Å². The molecule has 0 spiro atoms. The molecule has 0 amide bonds. The average Bonchev–Trinajstić information content (AvgIpc) is 2.71. The molecule has 0 N–H and O–H groups in total. The van der Waals surface area contributed by atoms with Gasteiger partial charge in [-0.1, -0.05) is 84.0 Å². The van der Waals surface area contributed by atoms with E-state index in [1.807, 2.05) is 0 Å². The maximum atomic E-state index is 2.34. The molecule has 4 aromatic carbocycles. The maximum Gasteiger partial charge on any atom is 0.0539 e. The van der Waals surface area contributed by atoms with E-state index in [0.717, 1.165) is 21.6 Å². The van der Waals surface area contributed by atoms with E-state index in [1.54, 1.807) is 0 Å². The van der Waals surface area contributed by atoms with Gasteiger partial charge in [0.2, 0.25) is 0 Å². The van der Waals surface area contributed by atoms with Crippen molar-refractivity contribution in [3.63, 3.8) is 0 Å². The summed E-state index contributed by atoms with van der Waals surface area (Å²) in [6, 6.07) is 38.5. The van der Waals surface area contributed by atoms with E-state index >= 15 is 0 Å². The van der Waals surface area contributed by atoms with Crippen LogP contribution in [0.25, 0.3) is 11.1 Å². The van der Waals surface area contributed by atoms with Gasteiger partial charge in [-0.15, -0.1) is 0 Å². The van der Waals surface area contributed by atoms with Gasteiger partial charge in [0.1, 0.15) is 0 Å². The second kappa shape index (κ2) is 7.42. The van der Waals surface area contributed by atoms with Crippen molar-refractivity contribution in [1.29, 1.82) is 0 Å². The first kappa shape index (κ1) is 16.4. The molecule has 0 aliphatic rings. The Labute approximate surface area is 158 Å². The van der Waals surface area contributed by atoms with E-state index in [0.29, 0.717) is 0 Å². The molecule has 1 nitrogen and oxygen atoms in total. The summed E-state index contributed by atoms with van der Waals surface area (Å²) in [5.74, 6) is 0. The Morgan fingerprint density at radius 3 is 1.50 bits per heavy atom. The highest BCUT2D eigenvalue weighted by atomic mass is 28.1. The van der Waals surface area contributed by atoms with Crippen molar-refractivity contribution in [3.8, 4) is 11.1 Å². The zero-order valence-corrected chi connectivity index (χ0v) is 16.8. The van der Waals surface area contributed by atoms with Gasteiger partial charge >= 0.3 is 0 Å². The number of para-hydroxylation sites is 3. The van der Waals surface area contributed by atoms with E-state index in [2.05, 4.69) is 114 Å². The summed E-state index contributed by atoms with van der Waals surface area (Å²) in [5, 5.41) is 1.42. The predicted molar refractivity (Wildman–Crippen MR) is 116 cm³/mol. The van der Waals surface area contributed by atoms with Crippen molar-refractivity contribution in [2.75, 3.05) is 4.90 Å². The van der Waals surface area contributed by atoms with Crippen molar-refractivity contribution in [1.82, 2.24) is 0 Å². The molecule has 0 bridgehead atoms. The van der Waals surface area contributed by atoms with Crippen LogP contribution in [0.4, 0.5) is 17.1 Å². The number of benzene rings is 4. The molecule has 0 heterocycles. The molecule has 0 radical (unpaired) electrons. The Morgan fingerprint density at radius 1 is 0.462 bits per heavy atom. The molecule has 26 heavy (non-hydrogen) atoms. The van der Waals surface area contributed by atoms with Crippen LogP contribution in [0.5, 0.6) is 0 Å². The van der Waals surface area contributed by atoms with E-state index in [9.17, 15) is 0 Å². The molecule has 0 unspecified atom stereocenters. The molecule has 4 aromatic rings. The Balaban J connectivity index is 1.95. The minimum absolute atomic E-state index is 1.03. The molecule has 0 atom stereocenters. The normalized spacial score (nSPS) is 10.6. The predicted octanol–water partition coefficient (Wildman–Crippen LogP) is 4.81. The molecule has 2 heteroatoms. The summed E-state index contributed by atoms with van der Waals surface area (Å²) in [7, 11) is 1.03. The molecular weight excluding hydrogens is 330 g/mol. The van der Waals surface area contributed by atoms with Crippen LogP contribution >= 0.6 is 0 Å². The van der Waals surface area contributed by atoms with Gasteiger partial charge in [0.15, 0.2) is 0 Å². The van der Waals surface area contributed by atoms with E-state index in [1.165, 1.54) is 22.0 Å². The highest BCUT2D eigenvalue weighted by Gasteiger charge is 2.16. The van der Waals surface area contributed by atoms with Gasteiger partial charge in [-0.3, -0.25) is 0 Å². The van der Waals surface area contributed by atoms with Crippen LogP contribution in [0.1, 0.15) is 0 Å². The number of nitrogens with zero attached hydrogens (tertiary/aromatic N) is 1. The summed E-state index contributed by atoms with van der Waals surface area (Å²) in [6.45, 7) is 0. The number of anilines is 3. The average molecular weight is 352 g/mol. The van der Waals surface area contributed by atoms with Gasteiger partial charge in [-0.25, -0.2) is 0 Å². The molecule has 0 fully saturated rings. The minimum atomic E-state index is 1.03. The third-order valence-electron chi connectivity index (χ3n) is 4.61. The Bertz CT molecular complexity index is 957. The zero-order valence-electron chi connectivity index (χ0n) is 14.8. The summed E-state index contributed by atoms with van der Waals surface area (Å²) in [4.78, 5) is 2.34. The van der Waals surface area contributed by atoms with Crippen molar-refractivity contribution < 1.29 is 0 Å². The fourth-order valence-corrected chi connectivity index (χ4v) is 3.98. The van der Waals surface area contributed by atoms with Crippen molar-refractivity contribution in [3.05, 3.63) is 109 Å². The van der Waals surface area contributed by atoms with Crippen molar-refractivity contribution >= 4 is 32.5 Å². The van der Waals surface area contributed by atoms with Crippen molar-refractivity contribution in [2.45, 2.75) is 0 Å². The van der Waals surface area contributed by atoms with Crippen molar-refractivity contribution in [2.24, 2.45) is 0 Å². The molecule has 4 rings (SSSR count). The summed E-state index contributed by atoms with van der Waals surface area (Å²) in [6.07, 6.45) is 0. The third-order valence-corrected chi connectivity index (χ3v) is 5.48. The molecule has 0 aliphatic carbocycles. The Hall–Kier alpha value is -3.10. The van der Waals surface area contributed by atoms with Crippen LogP contribution < -0.4 is 10.1 Å². The van der Waals surface area contributed by atoms with Crippen LogP contribution in [-0.2, 0) is 0 Å².